The van der Waals surface area contributed by atoms with E-state index in [0.29, 0.717) is 11.4 Å². The number of hydrogen-bond acceptors (Lipinski definition) is 5. The number of nitrogens with two attached hydrogens (primary N) is 1. The van der Waals surface area contributed by atoms with Crippen molar-refractivity contribution in [3.63, 3.8) is 0 Å². The maximum atomic E-state index is 12.1. The molecule has 2 aromatic rings. The van der Waals surface area contributed by atoms with Crippen LogP contribution in [0.5, 0.6) is 0 Å². The molecule has 0 bridgehead atoms. The van der Waals surface area contributed by atoms with E-state index in [-0.39, 0.29) is 22.8 Å². The zero-order valence-corrected chi connectivity index (χ0v) is 12.2. The molecule has 0 radical (unpaired) electrons. The normalized spacial score (nSPS) is 9.96. The molecule has 0 atom stereocenters. The standard InChI is InChI=1S/C15H14N4O4/c1-9(20)17-11-3-5-12(6-4-11)18-15(21)10-2-7-13(16)14(8-10)19(22)23/h2-8H,16H2,1H3,(H,17,20)(H,18,21). The number of amides is 2. The zero-order valence-electron chi connectivity index (χ0n) is 12.2. The molecule has 0 unspecified atom stereocenters. The van der Waals surface area contributed by atoms with E-state index < -0.39 is 10.8 Å². The first-order valence-corrected chi connectivity index (χ1v) is 6.60. The molecule has 118 valence electrons. The van der Waals surface area contributed by atoms with Gasteiger partial charge in [-0.05, 0) is 36.4 Å². The summed E-state index contributed by atoms with van der Waals surface area (Å²) in [4.78, 5) is 33.2. The van der Waals surface area contributed by atoms with Gasteiger partial charge in [-0.3, -0.25) is 19.7 Å². The number of hydrogen-bond donors (Lipinski definition) is 3. The Morgan fingerprint density at radius 3 is 2.13 bits per heavy atom. The van der Waals surface area contributed by atoms with Crippen LogP contribution in [0.2, 0.25) is 0 Å². The van der Waals surface area contributed by atoms with Crippen LogP contribution in [0.1, 0.15) is 17.3 Å². The molecule has 0 aromatic heterocycles. The number of carbonyl (C=O) groups excluding carboxylic acids is 2. The van der Waals surface area contributed by atoms with Crippen LogP contribution in [0.15, 0.2) is 42.5 Å². The Labute approximate surface area is 131 Å². The van der Waals surface area contributed by atoms with Gasteiger partial charge in [-0.15, -0.1) is 0 Å². The minimum atomic E-state index is -0.645. The van der Waals surface area contributed by atoms with Gasteiger partial charge in [0.15, 0.2) is 0 Å². The second-order valence-corrected chi connectivity index (χ2v) is 4.74. The summed E-state index contributed by atoms with van der Waals surface area (Å²) in [5, 5.41) is 16.1. The molecule has 2 rings (SSSR count). The SMILES string of the molecule is CC(=O)Nc1ccc(NC(=O)c2ccc(N)c([N+](=O)[O-])c2)cc1. The van der Waals surface area contributed by atoms with Crippen LogP contribution in [0.25, 0.3) is 0 Å². The Kier molecular flexibility index (Phi) is 4.55. The molecule has 0 aliphatic rings. The van der Waals surface area contributed by atoms with Crippen molar-refractivity contribution < 1.29 is 14.5 Å². The molecule has 4 N–H and O–H groups in total. The summed E-state index contributed by atoms with van der Waals surface area (Å²) in [6, 6.07) is 10.3. The lowest BCUT2D eigenvalue weighted by atomic mass is 10.1. The summed E-state index contributed by atoms with van der Waals surface area (Å²) in [6.07, 6.45) is 0. The van der Waals surface area contributed by atoms with E-state index in [0.717, 1.165) is 6.07 Å². The smallest absolute Gasteiger partial charge is 0.292 e. The van der Waals surface area contributed by atoms with E-state index in [1.54, 1.807) is 24.3 Å². The van der Waals surface area contributed by atoms with Crippen molar-refractivity contribution >= 4 is 34.6 Å². The van der Waals surface area contributed by atoms with E-state index in [1.165, 1.54) is 19.1 Å². The molecule has 0 fully saturated rings. The zero-order chi connectivity index (χ0) is 17.0. The van der Waals surface area contributed by atoms with Crippen LogP contribution < -0.4 is 16.4 Å². The van der Waals surface area contributed by atoms with Gasteiger partial charge >= 0.3 is 0 Å². The van der Waals surface area contributed by atoms with Crippen molar-refractivity contribution in [3.8, 4) is 0 Å². The summed E-state index contributed by atoms with van der Waals surface area (Å²) in [5.74, 6) is -0.698. The van der Waals surface area contributed by atoms with Crippen molar-refractivity contribution in [1.29, 1.82) is 0 Å². The number of nitro groups is 1. The maximum Gasteiger partial charge on any atom is 0.292 e. The molecular weight excluding hydrogens is 300 g/mol. The third kappa shape index (κ3) is 4.03. The highest BCUT2D eigenvalue weighted by Gasteiger charge is 2.15. The van der Waals surface area contributed by atoms with E-state index >= 15 is 0 Å². The number of anilines is 3. The minimum absolute atomic E-state index is 0.00814. The number of nitrogens with one attached hydrogen (secondary N) is 2. The highest BCUT2D eigenvalue weighted by Crippen LogP contribution is 2.23. The quantitative estimate of drug-likeness (QED) is 0.453. The molecule has 0 heterocycles. The monoisotopic (exact) mass is 314 g/mol. The third-order valence-corrected chi connectivity index (χ3v) is 2.95. The molecule has 23 heavy (non-hydrogen) atoms. The average Bonchev–Trinajstić information content (AvgIpc) is 2.48. The molecule has 0 aliphatic heterocycles. The largest absolute Gasteiger partial charge is 0.393 e. The van der Waals surface area contributed by atoms with Gasteiger partial charge in [-0.1, -0.05) is 0 Å². The van der Waals surface area contributed by atoms with Crippen molar-refractivity contribution in [2.45, 2.75) is 6.92 Å². The number of rotatable bonds is 4. The van der Waals surface area contributed by atoms with Crippen molar-refractivity contribution in [2.24, 2.45) is 0 Å². The lowest BCUT2D eigenvalue weighted by Crippen LogP contribution is -2.12. The lowest BCUT2D eigenvalue weighted by Gasteiger charge is -2.07. The summed E-state index contributed by atoms with van der Waals surface area (Å²) in [5.41, 5.74) is 6.37. The van der Waals surface area contributed by atoms with Crippen LogP contribution in [-0.2, 0) is 4.79 Å². The van der Waals surface area contributed by atoms with Crippen LogP contribution in [0.3, 0.4) is 0 Å². The molecule has 2 aromatic carbocycles. The fourth-order valence-corrected chi connectivity index (χ4v) is 1.89. The maximum absolute atomic E-state index is 12.1. The van der Waals surface area contributed by atoms with Gasteiger partial charge in [-0.25, -0.2) is 0 Å². The second kappa shape index (κ2) is 6.56. The molecule has 0 spiro atoms. The van der Waals surface area contributed by atoms with E-state index in [1.807, 2.05) is 0 Å². The van der Waals surface area contributed by atoms with Gasteiger partial charge in [0.05, 0.1) is 4.92 Å². The van der Waals surface area contributed by atoms with Gasteiger partial charge < -0.3 is 16.4 Å². The van der Waals surface area contributed by atoms with E-state index in [9.17, 15) is 19.7 Å². The first-order chi connectivity index (χ1) is 10.9. The molecule has 0 aliphatic carbocycles. The summed E-state index contributed by atoms with van der Waals surface area (Å²) < 4.78 is 0. The van der Waals surface area contributed by atoms with E-state index in [4.69, 9.17) is 5.73 Å². The minimum Gasteiger partial charge on any atom is -0.393 e. The van der Waals surface area contributed by atoms with Crippen molar-refractivity contribution in [2.75, 3.05) is 16.4 Å². The highest BCUT2D eigenvalue weighted by atomic mass is 16.6. The first kappa shape index (κ1) is 16.0. The van der Waals surface area contributed by atoms with Gasteiger partial charge in [0, 0.05) is 29.9 Å². The second-order valence-electron chi connectivity index (χ2n) is 4.74. The van der Waals surface area contributed by atoms with Gasteiger partial charge in [0.2, 0.25) is 5.91 Å². The Balaban J connectivity index is 2.14. The van der Waals surface area contributed by atoms with Crippen LogP contribution >= 0.6 is 0 Å². The van der Waals surface area contributed by atoms with Crippen LogP contribution in [-0.4, -0.2) is 16.7 Å². The molecule has 8 nitrogen and oxygen atoms in total. The Morgan fingerprint density at radius 2 is 1.61 bits per heavy atom. The number of carbonyl (C=O) groups is 2. The Bertz CT molecular complexity index is 772. The summed E-state index contributed by atoms with van der Waals surface area (Å²) in [7, 11) is 0. The van der Waals surface area contributed by atoms with Crippen LogP contribution in [0.4, 0.5) is 22.7 Å². The van der Waals surface area contributed by atoms with E-state index in [2.05, 4.69) is 10.6 Å². The van der Waals surface area contributed by atoms with Crippen molar-refractivity contribution in [1.82, 2.24) is 0 Å². The van der Waals surface area contributed by atoms with Gasteiger partial charge in [0.1, 0.15) is 5.69 Å². The molecule has 8 heteroatoms. The number of benzene rings is 2. The Morgan fingerprint density at radius 1 is 1.04 bits per heavy atom. The van der Waals surface area contributed by atoms with Crippen molar-refractivity contribution in [3.05, 3.63) is 58.1 Å². The number of nitrogen functional groups attached to an aromatic ring is 1. The molecule has 0 saturated carbocycles. The molecule has 0 saturated heterocycles. The predicted molar refractivity (Wildman–Crippen MR) is 86.2 cm³/mol. The molecular formula is C15H14N4O4. The van der Waals surface area contributed by atoms with Gasteiger partial charge in [-0.2, -0.15) is 0 Å². The highest BCUT2D eigenvalue weighted by molar-refractivity contribution is 6.05. The Hall–Kier alpha value is -3.42. The third-order valence-electron chi connectivity index (χ3n) is 2.95. The average molecular weight is 314 g/mol. The van der Waals surface area contributed by atoms with Crippen LogP contribution in [0, 0.1) is 10.1 Å². The topological polar surface area (TPSA) is 127 Å². The molecule has 2 amide bonds. The van der Waals surface area contributed by atoms with Gasteiger partial charge in [0.25, 0.3) is 11.6 Å². The lowest BCUT2D eigenvalue weighted by molar-refractivity contribution is -0.383. The fraction of sp³-hybridized carbons (Fsp3) is 0.0667. The fourth-order valence-electron chi connectivity index (χ4n) is 1.89. The predicted octanol–water partition coefficient (Wildman–Crippen LogP) is 2.39. The first-order valence-electron chi connectivity index (χ1n) is 6.60. The summed E-state index contributed by atoms with van der Waals surface area (Å²) in [6.45, 7) is 1.39. The summed E-state index contributed by atoms with van der Waals surface area (Å²) >= 11 is 0. The number of nitro benzene ring substituents is 1. The number of nitrogens with zero attached hydrogens (tertiary/aromatic N) is 1.